The van der Waals surface area contributed by atoms with Crippen LogP contribution in [0.25, 0.3) is 10.9 Å². The van der Waals surface area contributed by atoms with Crippen molar-refractivity contribution in [1.82, 2.24) is 4.98 Å². The first-order valence-corrected chi connectivity index (χ1v) is 4.36. The second-order valence-electron chi connectivity index (χ2n) is 3.09. The molecule has 6 heteroatoms. The number of aromatic nitrogens is 1. The van der Waals surface area contributed by atoms with Crippen LogP contribution in [0.3, 0.4) is 0 Å². The van der Waals surface area contributed by atoms with Gasteiger partial charge in [0, 0.05) is 12.3 Å². The van der Waals surface area contributed by atoms with Crippen molar-refractivity contribution in [3.8, 4) is 0 Å². The molecule has 1 aromatic carbocycles. The van der Waals surface area contributed by atoms with E-state index in [1.807, 2.05) is 0 Å². The highest BCUT2D eigenvalue weighted by molar-refractivity contribution is 6.06. The smallest absolute Gasteiger partial charge is 0.336 e. The molecule has 0 spiro atoms. The van der Waals surface area contributed by atoms with E-state index >= 15 is 0 Å². The lowest BCUT2D eigenvalue weighted by atomic mass is 10.1. The Balaban J connectivity index is 2.92. The molecule has 0 aliphatic carbocycles. The Bertz CT molecular complexity index is 546. The number of carbonyl (C=O) groups is 1. The number of non-ortho nitro benzene ring substituents is 1. The van der Waals surface area contributed by atoms with Gasteiger partial charge in [0.05, 0.1) is 21.4 Å². The van der Waals surface area contributed by atoms with E-state index in [0.29, 0.717) is 5.52 Å². The average Bonchev–Trinajstić information content (AvgIpc) is 2.27. The van der Waals surface area contributed by atoms with E-state index in [1.165, 1.54) is 30.5 Å². The zero-order valence-corrected chi connectivity index (χ0v) is 7.95. The fraction of sp³-hybridized carbons (Fsp3) is 0. The second kappa shape index (κ2) is 3.58. The molecular weight excluding hydrogens is 212 g/mol. The zero-order valence-electron chi connectivity index (χ0n) is 7.95. The number of nitro groups is 1. The maximum Gasteiger partial charge on any atom is 0.336 e. The standard InChI is InChI=1S/C10H6N2O4/c13-10(14)6-4-5-11-7-2-1-3-8(9(6)7)12(15)16/h1-5H,(H,13,14). The van der Waals surface area contributed by atoms with Gasteiger partial charge in [-0.25, -0.2) is 4.79 Å². The SMILES string of the molecule is O=C(O)c1ccnc2cccc([N+](=O)[O-])c12. The van der Waals surface area contributed by atoms with E-state index in [0.717, 1.165) is 0 Å². The van der Waals surface area contributed by atoms with Crippen LogP contribution in [-0.2, 0) is 0 Å². The van der Waals surface area contributed by atoms with E-state index in [4.69, 9.17) is 5.11 Å². The fourth-order valence-electron chi connectivity index (χ4n) is 1.52. The summed E-state index contributed by atoms with van der Waals surface area (Å²) >= 11 is 0. The lowest BCUT2D eigenvalue weighted by molar-refractivity contribution is -0.383. The largest absolute Gasteiger partial charge is 0.478 e. The van der Waals surface area contributed by atoms with E-state index in [-0.39, 0.29) is 16.6 Å². The van der Waals surface area contributed by atoms with Crippen molar-refractivity contribution in [3.05, 3.63) is 46.1 Å². The summed E-state index contributed by atoms with van der Waals surface area (Å²) in [6, 6.07) is 5.52. The summed E-state index contributed by atoms with van der Waals surface area (Å²) in [6.45, 7) is 0. The van der Waals surface area contributed by atoms with Crippen molar-refractivity contribution in [2.24, 2.45) is 0 Å². The van der Waals surface area contributed by atoms with Crippen LogP contribution in [0.1, 0.15) is 10.4 Å². The highest BCUT2D eigenvalue weighted by atomic mass is 16.6. The number of carboxylic acid groups (broad SMARTS) is 1. The minimum absolute atomic E-state index is 0.0579. The topological polar surface area (TPSA) is 93.3 Å². The lowest BCUT2D eigenvalue weighted by Gasteiger charge is -2.01. The maximum atomic E-state index is 10.9. The molecule has 1 aromatic heterocycles. The molecule has 2 rings (SSSR count). The molecule has 1 heterocycles. The van der Waals surface area contributed by atoms with Crippen LogP contribution in [0.15, 0.2) is 30.5 Å². The normalized spacial score (nSPS) is 10.2. The number of nitrogens with zero attached hydrogens (tertiary/aromatic N) is 2. The lowest BCUT2D eigenvalue weighted by Crippen LogP contribution is -2.01. The molecule has 0 aliphatic rings. The van der Waals surface area contributed by atoms with Crippen LogP contribution < -0.4 is 0 Å². The molecule has 0 amide bonds. The Morgan fingerprint density at radius 2 is 2.12 bits per heavy atom. The predicted octanol–water partition coefficient (Wildman–Crippen LogP) is 1.84. The highest BCUT2D eigenvalue weighted by Crippen LogP contribution is 2.27. The Labute approximate surface area is 89.3 Å². The maximum absolute atomic E-state index is 10.9. The number of hydrogen-bond donors (Lipinski definition) is 1. The summed E-state index contributed by atoms with van der Waals surface area (Å²) in [5, 5.41) is 19.8. The second-order valence-corrected chi connectivity index (χ2v) is 3.09. The Hall–Kier alpha value is -2.50. The van der Waals surface area contributed by atoms with Crippen LogP contribution >= 0.6 is 0 Å². The molecule has 0 unspecified atom stereocenters. The van der Waals surface area contributed by atoms with Crippen LogP contribution in [-0.4, -0.2) is 21.0 Å². The van der Waals surface area contributed by atoms with Gasteiger partial charge in [-0.2, -0.15) is 0 Å². The van der Waals surface area contributed by atoms with Gasteiger partial charge in [0.1, 0.15) is 0 Å². The first-order chi connectivity index (χ1) is 7.61. The van der Waals surface area contributed by atoms with E-state index in [9.17, 15) is 14.9 Å². The fourth-order valence-corrected chi connectivity index (χ4v) is 1.52. The summed E-state index contributed by atoms with van der Waals surface area (Å²) in [6.07, 6.45) is 1.31. The molecule has 80 valence electrons. The summed E-state index contributed by atoms with van der Waals surface area (Å²) in [4.78, 5) is 25.0. The van der Waals surface area contributed by atoms with Crippen molar-refractivity contribution in [1.29, 1.82) is 0 Å². The number of fused-ring (bicyclic) bond motifs is 1. The van der Waals surface area contributed by atoms with E-state index < -0.39 is 10.9 Å². The number of benzene rings is 1. The first kappa shape index (κ1) is 10.0. The van der Waals surface area contributed by atoms with Gasteiger partial charge in [0.25, 0.3) is 5.69 Å². The molecule has 16 heavy (non-hydrogen) atoms. The average molecular weight is 218 g/mol. The highest BCUT2D eigenvalue weighted by Gasteiger charge is 2.18. The third-order valence-corrected chi connectivity index (χ3v) is 2.17. The number of rotatable bonds is 2. The molecule has 0 bridgehead atoms. The number of carboxylic acids is 1. The van der Waals surface area contributed by atoms with Gasteiger partial charge in [0.15, 0.2) is 0 Å². The van der Waals surface area contributed by atoms with Crippen molar-refractivity contribution in [2.45, 2.75) is 0 Å². The number of pyridine rings is 1. The third-order valence-electron chi connectivity index (χ3n) is 2.17. The molecule has 2 aromatic rings. The quantitative estimate of drug-likeness (QED) is 0.613. The summed E-state index contributed by atoms with van der Waals surface area (Å²) < 4.78 is 0. The summed E-state index contributed by atoms with van der Waals surface area (Å²) in [5.41, 5.74) is -0.0607. The molecule has 0 atom stereocenters. The molecule has 0 saturated heterocycles. The molecule has 0 saturated carbocycles. The molecule has 0 fully saturated rings. The van der Waals surface area contributed by atoms with Crippen molar-refractivity contribution in [3.63, 3.8) is 0 Å². The molecule has 6 nitrogen and oxygen atoms in total. The van der Waals surface area contributed by atoms with Gasteiger partial charge < -0.3 is 5.11 Å². The van der Waals surface area contributed by atoms with Crippen molar-refractivity contribution in [2.75, 3.05) is 0 Å². The molecular formula is C10H6N2O4. The molecule has 0 radical (unpaired) electrons. The minimum atomic E-state index is -1.21. The zero-order chi connectivity index (χ0) is 11.7. The Morgan fingerprint density at radius 1 is 1.38 bits per heavy atom. The van der Waals surface area contributed by atoms with Gasteiger partial charge in [-0.3, -0.25) is 15.1 Å². The Morgan fingerprint density at radius 3 is 2.75 bits per heavy atom. The minimum Gasteiger partial charge on any atom is -0.478 e. The number of nitro benzene ring substituents is 1. The van der Waals surface area contributed by atoms with Crippen LogP contribution in [0.4, 0.5) is 5.69 Å². The van der Waals surface area contributed by atoms with Crippen LogP contribution in [0.5, 0.6) is 0 Å². The number of hydrogen-bond acceptors (Lipinski definition) is 4. The van der Waals surface area contributed by atoms with Gasteiger partial charge in [-0.15, -0.1) is 0 Å². The van der Waals surface area contributed by atoms with Crippen LogP contribution in [0, 0.1) is 10.1 Å². The first-order valence-electron chi connectivity index (χ1n) is 4.36. The molecule has 1 N–H and O–H groups in total. The molecule has 0 aliphatic heterocycles. The van der Waals surface area contributed by atoms with Gasteiger partial charge in [0.2, 0.25) is 0 Å². The number of aromatic carboxylic acids is 1. The summed E-state index contributed by atoms with van der Waals surface area (Å²) in [5.74, 6) is -1.21. The van der Waals surface area contributed by atoms with Crippen molar-refractivity contribution >= 4 is 22.6 Å². The Kier molecular flexibility index (Phi) is 2.24. The van der Waals surface area contributed by atoms with Gasteiger partial charge in [-0.05, 0) is 12.1 Å². The summed E-state index contributed by atoms with van der Waals surface area (Å²) in [7, 11) is 0. The van der Waals surface area contributed by atoms with Crippen LogP contribution in [0.2, 0.25) is 0 Å². The third kappa shape index (κ3) is 1.46. The van der Waals surface area contributed by atoms with Crippen molar-refractivity contribution < 1.29 is 14.8 Å². The van der Waals surface area contributed by atoms with Gasteiger partial charge in [-0.1, -0.05) is 6.07 Å². The van der Waals surface area contributed by atoms with E-state index in [2.05, 4.69) is 4.98 Å². The monoisotopic (exact) mass is 218 g/mol. The van der Waals surface area contributed by atoms with Gasteiger partial charge >= 0.3 is 5.97 Å². The predicted molar refractivity (Wildman–Crippen MR) is 55.4 cm³/mol. The van der Waals surface area contributed by atoms with E-state index in [1.54, 1.807) is 0 Å².